The van der Waals surface area contributed by atoms with Gasteiger partial charge in [-0.05, 0) is 17.7 Å². The molecule has 0 fully saturated rings. The van der Waals surface area contributed by atoms with E-state index >= 15 is 0 Å². The molecule has 106 valence electrons. The third-order valence-corrected chi connectivity index (χ3v) is 2.54. The van der Waals surface area contributed by atoms with Crippen molar-refractivity contribution in [3.63, 3.8) is 0 Å². The Morgan fingerprint density at radius 1 is 1.05 bits per heavy atom. The minimum atomic E-state index is -4.32. The minimum Gasteiger partial charge on any atom is -0.365 e. The van der Waals surface area contributed by atoms with Gasteiger partial charge in [0, 0.05) is 6.54 Å². The molecular formula is C12H12F3N5. The van der Waals surface area contributed by atoms with Crippen LogP contribution in [0.5, 0.6) is 0 Å². The molecule has 0 saturated carbocycles. The molecule has 1 aromatic carbocycles. The number of hydrogen-bond donors (Lipinski definition) is 3. The molecule has 20 heavy (non-hydrogen) atoms. The first-order chi connectivity index (χ1) is 9.49. The summed E-state index contributed by atoms with van der Waals surface area (Å²) in [4.78, 5) is 7.97. The quantitative estimate of drug-likeness (QED) is 0.593. The maximum atomic E-state index is 12.4. The molecule has 1 heterocycles. The highest BCUT2D eigenvalue weighted by Crippen LogP contribution is 2.29. The van der Waals surface area contributed by atoms with Crippen LogP contribution in [0, 0.1) is 0 Å². The first kappa shape index (κ1) is 14.1. The van der Waals surface area contributed by atoms with Gasteiger partial charge in [-0.2, -0.15) is 13.2 Å². The lowest BCUT2D eigenvalue weighted by molar-refractivity contribution is -0.137. The van der Waals surface area contributed by atoms with Crippen molar-refractivity contribution < 1.29 is 13.2 Å². The maximum absolute atomic E-state index is 12.4. The van der Waals surface area contributed by atoms with Gasteiger partial charge in [-0.25, -0.2) is 10.8 Å². The fourth-order valence-electron chi connectivity index (χ4n) is 1.52. The summed E-state index contributed by atoms with van der Waals surface area (Å²) >= 11 is 0. The Hall–Kier alpha value is -2.35. The van der Waals surface area contributed by atoms with E-state index < -0.39 is 11.7 Å². The number of nitrogen functional groups attached to an aromatic ring is 1. The summed E-state index contributed by atoms with van der Waals surface area (Å²) in [7, 11) is 0. The van der Waals surface area contributed by atoms with Gasteiger partial charge < -0.3 is 10.7 Å². The summed E-state index contributed by atoms with van der Waals surface area (Å²) < 4.78 is 37.2. The van der Waals surface area contributed by atoms with Crippen LogP contribution >= 0.6 is 0 Å². The molecule has 8 heteroatoms. The molecule has 0 saturated heterocycles. The van der Waals surface area contributed by atoms with Crippen LogP contribution in [0.4, 0.5) is 24.8 Å². The Labute approximate surface area is 113 Å². The van der Waals surface area contributed by atoms with E-state index in [1.54, 1.807) is 0 Å². The highest BCUT2D eigenvalue weighted by atomic mass is 19.4. The highest BCUT2D eigenvalue weighted by molar-refractivity contribution is 5.41. The smallest absolute Gasteiger partial charge is 0.365 e. The van der Waals surface area contributed by atoms with Gasteiger partial charge in [0.25, 0.3) is 0 Å². The van der Waals surface area contributed by atoms with Crippen molar-refractivity contribution in [3.8, 4) is 0 Å². The third-order valence-electron chi connectivity index (χ3n) is 2.54. The largest absolute Gasteiger partial charge is 0.416 e. The first-order valence-electron chi connectivity index (χ1n) is 5.68. The van der Waals surface area contributed by atoms with Gasteiger partial charge in [0.1, 0.15) is 5.82 Å². The monoisotopic (exact) mass is 283 g/mol. The van der Waals surface area contributed by atoms with Gasteiger partial charge in [0.15, 0.2) is 5.82 Å². The number of rotatable bonds is 4. The van der Waals surface area contributed by atoms with Crippen molar-refractivity contribution in [2.24, 2.45) is 5.84 Å². The van der Waals surface area contributed by atoms with Crippen molar-refractivity contribution in [1.29, 1.82) is 0 Å². The second kappa shape index (κ2) is 5.74. The van der Waals surface area contributed by atoms with Gasteiger partial charge in [0.05, 0.1) is 18.0 Å². The van der Waals surface area contributed by atoms with Crippen LogP contribution in [-0.4, -0.2) is 9.97 Å². The van der Waals surface area contributed by atoms with Crippen molar-refractivity contribution in [2.45, 2.75) is 12.7 Å². The van der Waals surface area contributed by atoms with Crippen LogP contribution in [0.3, 0.4) is 0 Å². The first-order valence-corrected chi connectivity index (χ1v) is 5.68. The predicted octanol–water partition coefficient (Wildman–Crippen LogP) is 2.39. The fourth-order valence-corrected chi connectivity index (χ4v) is 1.52. The zero-order valence-electron chi connectivity index (χ0n) is 10.3. The van der Waals surface area contributed by atoms with Crippen LogP contribution < -0.4 is 16.6 Å². The molecule has 2 aromatic rings. The molecule has 2 rings (SSSR count). The highest BCUT2D eigenvalue weighted by Gasteiger charge is 2.29. The molecule has 0 radical (unpaired) electrons. The summed E-state index contributed by atoms with van der Waals surface area (Å²) in [5.74, 6) is 6.06. The number of alkyl halides is 3. The molecule has 4 N–H and O–H groups in total. The number of hydrazine groups is 1. The summed E-state index contributed by atoms with van der Waals surface area (Å²) in [6, 6.07) is 4.91. The Bertz CT molecular complexity index is 568. The van der Waals surface area contributed by atoms with Gasteiger partial charge in [-0.1, -0.05) is 12.1 Å². The Morgan fingerprint density at radius 2 is 1.70 bits per heavy atom. The van der Waals surface area contributed by atoms with Crippen LogP contribution in [0.1, 0.15) is 11.1 Å². The van der Waals surface area contributed by atoms with Gasteiger partial charge >= 0.3 is 6.18 Å². The Kier molecular flexibility index (Phi) is 4.04. The van der Waals surface area contributed by atoms with Crippen molar-refractivity contribution in [3.05, 3.63) is 47.8 Å². The van der Waals surface area contributed by atoms with E-state index in [0.717, 1.165) is 12.1 Å². The van der Waals surface area contributed by atoms with E-state index in [1.807, 2.05) is 0 Å². The Morgan fingerprint density at radius 3 is 2.30 bits per heavy atom. The second-order valence-electron chi connectivity index (χ2n) is 3.98. The average Bonchev–Trinajstić information content (AvgIpc) is 2.45. The number of aromatic nitrogens is 2. The van der Waals surface area contributed by atoms with E-state index in [2.05, 4.69) is 20.7 Å². The number of nitrogens with zero attached hydrogens (tertiary/aromatic N) is 2. The van der Waals surface area contributed by atoms with Gasteiger partial charge in [-0.15, -0.1) is 0 Å². The number of nitrogens with two attached hydrogens (primary N) is 1. The van der Waals surface area contributed by atoms with Crippen LogP contribution in [0.2, 0.25) is 0 Å². The van der Waals surface area contributed by atoms with Gasteiger partial charge in [0.2, 0.25) is 0 Å². The van der Waals surface area contributed by atoms with E-state index in [0.29, 0.717) is 23.7 Å². The lowest BCUT2D eigenvalue weighted by Gasteiger charge is -2.09. The number of halogens is 3. The lowest BCUT2D eigenvalue weighted by atomic mass is 10.1. The van der Waals surface area contributed by atoms with Crippen LogP contribution in [0.25, 0.3) is 0 Å². The molecule has 0 aliphatic heterocycles. The zero-order valence-corrected chi connectivity index (χ0v) is 10.3. The maximum Gasteiger partial charge on any atom is 0.416 e. The summed E-state index contributed by atoms with van der Waals surface area (Å²) in [5.41, 5.74) is 2.38. The molecule has 0 aliphatic rings. The number of benzene rings is 1. The Balaban J connectivity index is 2.00. The molecule has 1 aromatic heterocycles. The lowest BCUT2D eigenvalue weighted by Crippen LogP contribution is -2.10. The van der Waals surface area contributed by atoms with E-state index in [4.69, 9.17) is 5.84 Å². The summed E-state index contributed by atoms with van der Waals surface area (Å²) in [6.45, 7) is 0.334. The van der Waals surface area contributed by atoms with Crippen LogP contribution in [0.15, 0.2) is 36.7 Å². The summed E-state index contributed by atoms with van der Waals surface area (Å²) in [6.07, 6.45) is -1.38. The van der Waals surface area contributed by atoms with Crippen LogP contribution in [-0.2, 0) is 12.7 Å². The standard InChI is InChI=1S/C12H12F3N5/c13-12(14,15)9-3-1-8(2-4-9)5-18-10-6-17-7-11(19-10)20-16/h1-4,6-7H,5,16H2,(H2,18,19,20). The van der Waals surface area contributed by atoms with Gasteiger partial charge in [-0.3, -0.25) is 4.98 Å². The molecule has 5 nitrogen and oxygen atoms in total. The van der Waals surface area contributed by atoms with E-state index in [9.17, 15) is 13.2 Å². The summed E-state index contributed by atoms with van der Waals surface area (Å²) in [5, 5.41) is 2.94. The molecule has 0 unspecified atom stereocenters. The second-order valence-corrected chi connectivity index (χ2v) is 3.98. The van der Waals surface area contributed by atoms with Crippen molar-refractivity contribution in [2.75, 3.05) is 10.7 Å². The molecule has 0 amide bonds. The zero-order chi connectivity index (χ0) is 14.6. The van der Waals surface area contributed by atoms with Crippen molar-refractivity contribution >= 4 is 11.6 Å². The predicted molar refractivity (Wildman–Crippen MR) is 68.6 cm³/mol. The number of anilines is 2. The number of hydrogen-bond acceptors (Lipinski definition) is 5. The molecule has 0 bridgehead atoms. The topological polar surface area (TPSA) is 75.9 Å². The van der Waals surface area contributed by atoms with Crippen molar-refractivity contribution in [1.82, 2.24) is 9.97 Å². The molecule has 0 atom stereocenters. The molecular weight excluding hydrogens is 271 g/mol. The average molecular weight is 283 g/mol. The SMILES string of the molecule is NNc1cncc(NCc2ccc(C(F)(F)F)cc2)n1. The normalized spacial score (nSPS) is 11.2. The van der Waals surface area contributed by atoms with E-state index in [-0.39, 0.29) is 0 Å². The molecule has 0 spiro atoms. The molecule has 0 aliphatic carbocycles. The minimum absolute atomic E-state index is 0.334. The fraction of sp³-hybridized carbons (Fsp3) is 0.167. The third kappa shape index (κ3) is 3.58. The number of nitrogens with one attached hydrogen (secondary N) is 2. The van der Waals surface area contributed by atoms with E-state index in [1.165, 1.54) is 24.5 Å².